The second-order valence-electron chi connectivity index (χ2n) is 6.03. The molecule has 2 amide bonds. The Bertz CT molecular complexity index is 737. The van der Waals surface area contributed by atoms with E-state index in [0.29, 0.717) is 19.6 Å². The fourth-order valence-electron chi connectivity index (χ4n) is 2.88. The number of carbonyl (C=O) groups is 2. The lowest BCUT2D eigenvalue weighted by molar-refractivity contribution is -0.126. The highest BCUT2D eigenvalue weighted by molar-refractivity contribution is 5.92. The average molecular weight is 342 g/mol. The zero-order valence-electron chi connectivity index (χ0n) is 13.7. The van der Waals surface area contributed by atoms with Crippen molar-refractivity contribution in [3.63, 3.8) is 0 Å². The van der Waals surface area contributed by atoms with Crippen LogP contribution in [0.25, 0.3) is 0 Å². The van der Waals surface area contributed by atoms with Gasteiger partial charge in [0.15, 0.2) is 0 Å². The van der Waals surface area contributed by atoms with Gasteiger partial charge in [0, 0.05) is 32.0 Å². The zero-order chi connectivity index (χ0) is 17.6. The summed E-state index contributed by atoms with van der Waals surface area (Å²) in [5, 5.41) is 2.86. The standard InChI is InChI=1S/C18H19FN4O2/c19-15-5-3-13(4-6-15)10-22-17(24)14-2-1-9-23(12-14)18(25)16-11-20-7-8-21-16/h3-8,11,14H,1-2,9-10,12H2,(H,22,24). The normalized spacial score (nSPS) is 17.2. The van der Waals surface area contributed by atoms with E-state index < -0.39 is 0 Å². The number of carbonyl (C=O) groups excluding carboxylic acids is 2. The third kappa shape index (κ3) is 4.37. The number of amides is 2. The van der Waals surface area contributed by atoms with Crippen LogP contribution in [0.1, 0.15) is 28.9 Å². The summed E-state index contributed by atoms with van der Waals surface area (Å²) in [4.78, 5) is 34.4. The first kappa shape index (κ1) is 17.0. The molecule has 0 radical (unpaired) electrons. The van der Waals surface area contributed by atoms with Crippen molar-refractivity contribution in [3.8, 4) is 0 Å². The van der Waals surface area contributed by atoms with Gasteiger partial charge in [-0.25, -0.2) is 9.37 Å². The first-order chi connectivity index (χ1) is 12.1. The SMILES string of the molecule is O=C(NCc1ccc(F)cc1)C1CCCN(C(=O)c2cnccn2)C1. The van der Waals surface area contributed by atoms with E-state index in [4.69, 9.17) is 0 Å². The van der Waals surface area contributed by atoms with Gasteiger partial charge in [0.05, 0.1) is 12.1 Å². The van der Waals surface area contributed by atoms with Crippen molar-refractivity contribution < 1.29 is 14.0 Å². The van der Waals surface area contributed by atoms with Crippen molar-refractivity contribution in [2.24, 2.45) is 5.92 Å². The maximum atomic E-state index is 12.9. The maximum Gasteiger partial charge on any atom is 0.274 e. The molecule has 2 aromatic rings. The van der Waals surface area contributed by atoms with Gasteiger partial charge in [0.2, 0.25) is 5.91 Å². The molecule has 0 spiro atoms. The molecule has 1 aliphatic rings. The van der Waals surface area contributed by atoms with Crippen LogP contribution in [0.15, 0.2) is 42.9 Å². The van der Waals surface area contributed by atoms with Crippen molar-refractivity contribution in [1.29, 1.82) is 0 Å². The largest absolute Gasteiger partial charge is 0.352 e. The predicted octanol–water partition coefficient (Wildman–Crippen LogP) is 1.78. The molecule has 3 rings (SSSR count). The lowest BCUT2D eigenvalue weighted by Gasteiger charge is -2.31. The molecule has 1 saturated heterocycles. The lowest BCUT2D eigenvalue weighted by atomic mass is 9.96. The number of piperidine rings is 1. The van der Waals surface area contributed by atoms with Gasteiger partial charge in [0.1, 0.15) is 11.5 Å². The van der Waals surface area contributed by atoms with Gasteiger partial charge in [-0.05, 0) is 30.5 Å². The first-order valence-electron chi connectivity index (χ1n) is 8.21. The van der Waals surface area contributed by atoms with Gasteiger partial charge in [-0.15, -0.1) is 0 Å². The molecule has 1 aromatic heterocycles. The van der Waals surface area contributed by atoms with Gasteiger partial charge in [-0.2, -0.15) is 0 Å². The van der Waals surface area contributed by atoms with Crippen molar-refractivity contribution >= 4 is 11.8 Å². The Morgan fingerprint density at radius 1 is 1.24 bits per heavy atom. The molecule has 6 nitrogen and oxygen atoms in total. The van der Waals surface area contributed by atoms with E-state index in [-0.39, 0.29) is 29.2 Å². The monoisotopic (exact) mass is 342 g/mol. The van der Waals surface area contributed by atoms with E-state index in [0.717, 1.165) is 18.4 Å². The Hall–Kier alpha value is -2.83. The second-order valence-corrected chi connectivity index (χ2v) is 6.03. The van der Waals surface area contributed by atoms with Gasteiger partial charge in [0.25, 0.3) is 5.91 Å². The van der Waals surface area contributed by atoms with E-state index >= 15 is 0 Å². The Morgan fingerprint density at radius 3 is 2.76 bits per heavy atom. The molecule has 1 N–H and O–H groups in total. The van der Waals surface area contributed by atoms with Crippen molar-refractivity contribution in [3.05, 3.63) is 59.9 Å². The summed E-state index contributed by atoms with van der Waals surface area (Å²) >= 11 is 0. The highest BCUT2D eigenvalue weighted by Gasteiger charge is 2.29. The number of halogens is 1. The number of likely N-dealkylation sites (tertiary alicyclic amines) is 1. The van der Waals surface area contributed by atoms with E-state index in [1.807, 2.05) is 0 Å². The van der Waals surface area contributed by atoms with Crippen LogP contribution >= 0.6 is 0 Å². The summed E-state index contributed by atoms with van der Waals surface area (Å²) in [6.45, 7) is 1.32. The van der Waals surface area contributed by atoms with Crippen LogP contribution < -0.4 is 5.32 Å². The molecule has 2 heterocycles. The number of benzene rings is 1. The smallest absolute Gasteiger partial charge is 0.274 e. The highest BCUT2D eigenvalue weighted by Crippen LogP contribution is 2.18. The minimum absolute atomic E-state index is 0.0963. The minimum atomic E-state index is -0.305. The maximum absolute atomic E-state index is 12.9. The lowest BCUT2D eigenvalue weighted by Crippen LogP contribution is -2.45. The minimum Gasteiger partial charge on any atom is -0.352 e. The molecule has 130 valence electrons. The van der Waals surface area contributed by atoms with Crippen molar-refractivity contribution in [1.82, 2.24) is 20.2 Å². The Balaban J connectivity index is 1.56. The van der Waals surface area contributed by atoms with Crippen LogP contribution in [0.5, 0.6) is 0 Å². The molecule has 0 aliphatic carbocycles. The number of nitrogens with one attached hydrogen (secondary N) is 1. The van der Waals surface area contributed by atoms with Crippen LogP contribution in [0, 0.1) is 11.7 Å². The summed E-state index contributed by atoms with van der Waals surface area (Å²) in [6, 6.07) is 6.01. The summed E-state index contributed by atoms with van der Waals surface area (Å²) in [6.07, 6.45) is 5.92. The Morgan fingerprint density at radius 2 is 2.04 bits per heavy atom. The molecule has 1 unspecified atom stereocenters. The highest BCUT2D eigenvalue weighted by atomic mass is 19.1. The molecular formula is C18H19FN4O2. The number of hydrogen-bond acceptors (Lipinski definition) is 4. The van der Waals surface area contributed by atoms with Crippen LogP contribution in [0.2, 0.25) is 0 Å². The zero-order valence-corrected chi connectivity index (χ0v) is 13.7. The fraction of sp³-hybridized carbons (Fsp3) is 0.333. The second kappa shape index (κ2) is 7.83. The van der Waals surface area contributed by atoms with E-state index in [1.54, 1.807) is 17.0 Å². The Labute approximate surface area is 145 Å². The van der Waals surface area contributed by atoms with Gasteiger partial charge in [-0.1, -0.05) is 12.1 Å². The van der Waals surface area contributed by atoms with E-state index in [1.165, 1.54) is 30.7 Å². The molecular weight excluding hydrogens is 323 g/mol. The van der Waals surface area contributed by atoms with Crippen molar-refractivity contribution in [2.75, 3.05) is 13.1 Å². The molecule has 1 fully saturated rings. The molecule has 7 heteroatoms. The summed E-state index contributed by atoms with van der Waals surface area (Å²) in [5.41, 5.74) is 1.12. The van der Waals surface area contributed by atoms with Gasteiger partial charge >= 0.3 is 0 Å². The number of hydrogen-bond donors (Lipinski definition) is 1. The Kier molecular flexibility index (Phi) is 5.33. The predicted molar refractivity (Wildman–Crippen MR) is 88.9 cm³/mol. The summed E-state index contributed by atoms with van der Waals surface area (Å²) in [5.74, 6) is -0.861. The van der Waals surface area contributed by atoms with Crippen LogP contribution in [-0.4, -0.2) is 39.8 Å². The molecule has 0 saturated carbocycles. The van der Waals surface area contributed by atoms with Gasteiger partial charge in [-0.3, -0.25) is 14.6 Å². The first-order valence-corrected chi connectivity index (χ1v) is 8.21. The average Bonchev–Trinajstić information content (AvgIpc) is 2.67. The third-order valence-corrected chi connectivity index (χ3v) is 4.24. The molecule has 1 atom stereocenters. The molecule has 25 heavy (non-hydrogen) atoms. The quantitative estimate of drug-likeness (QED) is 0.919. The van der Waals surface area contributed by atoms with E-state index in [2.05, 4.69) is 15.3 Å². The van der Waals surface area contributed by atoms with E-state index in [9.17, 15) is 14.0 Å². The molecule has 1 aromatic carbocycles. The van der Waals surface area contributed by atoms with Crippen LogP contribution in [-0.2, 0) is 11.3 Å². The third-order valence-electron chi connectivity index (χ3n) is 4.24. The topological polar surface area (TPSA) is 75.2 Å². The molecule has 0 bridgehead atoms. The number of rotatable bonds is 4. The van der Waals surface area contributed by atoms with Crippen molar-refractivity contribution in [2.45, 2.75) is 19.4 Å². The molecule has 1 aliphatic heterocycles. The fourth-order valence-corrected chi connectivity index (χ4v) is 2.88. The van der Waals surface area contributed by atoms with Crippen LogP contribution in [0.4, 0.5) is 4.39 Å². The number of aromatic nitrogens is 2. The van der Waals surface area contributed by atoms with Crippen LogP contribution in [0.3, 0.4) is 0 Å². The number of nitrogens with zero attached hydrogens (tertiary/aromatic N) is 3. The van der Waals surface area contributed by atoms with Gasteiger partial charge < -0.3 is 10.2 Å². The summed E-state index contributed by atoms with van der Waals surface area (Å²) < 4.78 is 12.9. The summed E-state index contributed by atoms with van der Waals surface area (Å²) in [7, 11) is 0.